The lowest BCUT2D eigenvalue weighted by atomic mass is 9.97. The summed E-state index contributed by atoms with van der Waals surface area (Å²) in [6, 6.07) is 4.13. The van der Waals surface area contributed by atoms with Crippen LogP contribution in [0.4, 0.5) is 13.2 Å². The van der Waals surface area contributed by atoms with Gasteiger partial charge in [0, 0.05) is 19.5 Å². The first-order chi connectivity index (χ1) is 10.6. The lowest BCUT2D eigenvalue weighted by Crippen LogP contribution is -2.48. The fourth-order valence-corrected chi connectivity index (χ4v) is 3.79. The molecule has 1 unspecified atom stereocenters. The molecule has 1 aromatic carbocycles. The number of rotatable bonds is 3. The van der Waals surface area contributed by atoms with Gasteiger partial charge in [-0.25, -0.2) is 26.4 Å². The number of alkyl halides is 2. The number of aromatic carboxylic acids is 1. The molecular formula is C13H11F3N2O4S. The second kappa shape index (κ2) is 5.82. The van der Waals surface area contributed by atoms with Gasteiger partial charge in [0.2, 0.25) is 10.0 Å². The van der Waals surface area contributed by atoms with E-state index in [-0.39, 0.29) is 0 Å². The van der Waals surface area contributed by atoms with Crippen LogP contribution in [0.1, 0.15) is 16.8 Å². The average molecular weight is 348 g/mol. The van der Waals surface area contributed by atoms with Crippen molar-refractivity contribution in [1.82, 2.24) is 4.31 Å². The lowest BCUT2D eigenvalue weighted by Gasteiger charge is -2.34. The quantitative estimate of drug-likeness (QED) is 0.896. The third-order valence-corrected chi connectivity index (χ3v) is 5.44. The van der Waals surface area contributed by atoms with Crippen LogP contribution >= 0.6 is 0 Å². The first-order valence-electron chi connectivity index (χ1n) is 6.40. The van der Waals surface area contributed by atoms with Crippen molar-refractivity contribution in [2.45, 2.75) is 17.2 Å². The Morgan fingerprint density at radius 3 is 2.65 bits per heavy atom. The predicted octanol–water partition coefficient (Wildman–Crippen LogP) is 1.69. The molecule has 1 aliphatic rings. The molecule has 1 fully saturated rings. The lowest BCUT2D eigenvalue weighted by molar-refractivity contribution is -0.0718. The van der Waals surface area contributed by atoms with E-state index in [2.05, 4.69) is 0 Å². The van der Waals surface area contributed by atoms with Crippen molar-refractivity contribution >= 4 is 16.0 Å². The van der Waals surface area contributed by atoms with Crippen LogP contribution in [0.2, 0.25) is 0 Å². The van der Waals surface area contributed by atoms with Gasteiger partial charge in [-0.1, -0.05) is 6.07 Å². The van der Waals surface area contributed by atoms with Gasteiger partial charge in [-0.15, -0.1) is 0 Å². The highest BCUT2D eigenvalue weighted by atomic mass is 32.2. The number of benzene rings is 1. The third-order valence-electron chi connectivity index (χ3n) is 3.56. The Morgan fingerprint density at radius 2 is 2.09 bits per heavy atom. The second-order valence-electron chi connectivity index (χ2n) is 4.98. The summed E-state index contributed by atoms with van der Waals surface area (Å²) in [6.45, 7) is -1.38. The molecule has 10 heteroatoms. The van der Waals surface area contributed by atoms with Crippen LogP contribution in [0.15, 0.2) is 23.1 Å². The van der Waals surface area contributed by atoms with Gasteiger partial charge >= 0.3 is 5.97 Å². The van der Waals surface area contributed by atoms with E-state index in [9.17, 15) is 26.4 Å². The number of piperidine rings is 1. The fraction of sp³-hybridized carbons (Fsp3) is 0.385. The zero-order valence-electron chi connectivity index (χ0n) is 11.5. The zero-order valence-corrected chi connectivity index (χ0v) is 12.4. The molecule has 0 amide bonds. The van der Waals surface area contributed by atoms with Crippen LogP contribution in [-0.2, 0) is 10.0 Å². The van der Waals surface area contributed by atoms with Crippen molar-refractivity contribution in [1.29, 1.82) is 5.26 Å². The van der Waals surface area contributed by atoms with Crippen LogP contribution in [0.25, 0.3) is 0 Å². The van der Waals surface area contributed by atoms with Gasteiger partial charge in [0.15, 0.2) is 5.82 Å². The number of carboxylic acid groups (broad SMARTS) is 1. The Labute approximate surface area is 129 Å². The largest absolute Gasteiger partial charge is 0.478 e. The summed E-state index contributed by atoms with van der Waals surface area (Å²) in [4.78, 5) is 9.95. The molecule has 0 bridgehead atoms. The predicted molar refractivity (Wildman–Crippen MR) is 70.8 cm³/mol. The van der Waals surface area contributed by atoms with Crippen LogP contribution < -0.4 is 0 Å². The van der Waals surface area contributed by atoms with Gasteiger partial charge in [0.1, 0.15) is 10.8 Å². The maximum atomic E-state index is 14.1. The second-order valence-corrected chi connectivity index (χ2v) is 6.88. The highest BCUT2D eigenvalue weighted by Gasteiger charge is 2.47. The third kappa shape index (κ3) is 3.02. The molecule has 124 valence electrons. The molecule has 1 aromatic rings. The van der Waals surface area contributed by atoms with Gasteiger partial charge in [-0.05, 0) is 12.1 Å². The number of nitriles is 1. The Kier molecular flexibility index (Phi) is 4.37. The van der Waals surface area contributed by atoms with Crippen molar-refractivity contribution in [3.05, 3.63) is 29.6 Å². The van der Waals surface area contributed by atoms with Crippen LogP contribution in [0.3, 0.4) is 0 Å². The van der Waals surface area contributed by atoms with Crippen LogP contribution in [0.5, 0.6) is 0 Å². The molecule has 1 atom stereocenters. The van der Waals surface area contributed by atoms with E-state index in [0.717, 1.165) is 18.2 Å². The molecule has 0 aromatic heterocycles. The van der Waals surface area contributed by atoms with E-state index in [1.165, 1.54) is 6.07 Å². The van der Waals surface area contributed by atoms with E-state index in [4.69, 9.17) is 10.4 Å². The highest BCUT2D eigenvalue weighted by Crippen LogP contribution is 2.35. The molecule has 0 spiro atoms. The molecule has 6 nitrogen and oxygen atoms in total. The molecule has 0 radical (unpaired) electrons. The summed E-state index contributed by atoms with van der Waals surface area (Å²) in [5.41, 5.74) is -0.842. The molecule has 1 N–H and O–H groups in total. The normalized spacial score (nSPS) is 21.6. The highest BCUT2D eigenvalue weighted by molar-refractivity contribution is 7.89. The minimum Gasteiger partial charge on any atom is -0.478 e. The minimum absolute atomic E-state index is 0.572. The Hall–Kier alpha value is -2.12. The summed E-state index contributed by atoms with van der Waals surface area (Å²) >= 11 is 0. The van der Waals surface area contributed by atoms with Gasteiger partial charge in [-0.3, -0.25) is 0 Å². The smallest absolute Gasteiger partial charge is 0.338 e. The van der Waals surface area contributed by atoms with Crippen LogP contribution in [-0.4, -0.2) is 42.8 Å². The van der Waals surface area contributed by atoms with E-state index >= 15 is 0 Å². The van der Waals surface area contributed by atoms with Crippen molar-refractivity contribution in [3.8, 4) is 6.07 Å². The van der Waals surface area contributed by atoms with E-state index in [1.54, 1.807) is 0 Å². The Bertz CT molecular complexity index is 789. The summed E-state index contributed by atoms with van der Waals surface area (Å²) in [5, 5.41) is 17.6. The molecule has 1 heterocycles. The molecule has 0 saturated carbocycles. The number of carbonyl (C=O) groups is 1. The van der Waals surface area contributed by atoms with E-state index in [1.807, 2.05) is 0 Å². The first-order valence-corrected chi connectivity index (χ1v) is 7.84. The number of sulfonamides is 1. The number of hydrogen-bond acceptors (Lipinski definition) is 4. The minimum atomic E-state index is -4.53. The number of carboxylic acids is 1. The molecule has 1 aliphatic heterocycles. The van der Waals surface area contributed by atoms with Gasteiger partial charge < -0.3 is 5.11 Å². The molecule has 23 heavy (non-hydrogen) atoms. The van der Waals surface area contributed by atoms with Crippen molar-refractivity contribution in [2.75, 3.05) is 13.1 Å². The number of nitrogens with zero attached hydrogens (tertiary/aromatic N) is 2. The van der Waals surface area contributed by atoms with Gasteiger partial charge in [0.25, 0.3) is 5.92 Å². The fourth-order valence-electron chi connectivity index (χ4n) is 2.24. The summed E-state index contributed by atoms with van der Waals surface area (Å²) in [7, 11) is -4.53. The van der Waals surface area contributed by atoms with Gasteiger partial charge in [0.05, 0.1) is 11.6 Å². The molecule has 2 rings (SSSR count). The average Bonchev–Trinajstić information content (AvgIpc) is 2.46. The maximum absolute atomic E-state index is 14.1. The van der Waals surface area contributed by atoms with E-state index in [0.29, 0.717) is 4.31 Å². The summed E-state index contributed by atoms with van der Waals surface area (Å²) in [5.74, 6) is -8.30. The monoisotopic (exact) mass is 348 g/mol. The van der Waals surface area contributed by atoms with Crippen molar-refractivity contribution in [3.63, 3.8) is 0 Å². The topological polar surface area (TPSA) is 98.5 Å². The number of hydrogen-bond donors (Lipinski definition) is 1. The Morgan fingerprint density at radius 1 is 1.43 bits per heavy atom. The van der Waals surface area contributed by atoms with Gasteiger partial charge in [-0.2, -0.15) is 9.57 Å². The molecular weight excluding hydrogens is 337 g/mol. The SMILES string of the molecule is N#CC1CN(S(=O)(=O)c2cccc(C(=O)O)c2F)CCC1(F)F. The zero-order chi connectivity index (χ0) is 17.4. The van der Waals surface area contributed by atoms with E-state index < -0.39 is 63.6 Å². The molecule has 1 saturated heterocycles. The standard InChI is InChI=1S/C13H11F3N2O4S/c14-11-9(12(19)20)2-1-3-10(11)23(21,22)18-5-4-13(15,16)8(6-17)7-18/h1-3,8H,4-5,7H2,(H,19,20). The summed E-state index contributed by atoms with van der Waals surface area (Å²) < 4.78 is 66.4. The molecule has 0 aliphatic carbocycles. The maximum Gasteiger partial charge on any atom is 0.338 e. The first kappa shape index (κ1) is 17.2. The Balaban J connectivity index is 2.43. The van der Waals surface area contributed by atoms with Crippen molar-refractivity contribution < 1.29 is 31.5 Å². The van der Waals surface area contributed by atoms with Crippen LogP contribution in [0, 0.1) is 23.1 Å². The summed E-state index contributed by atoms with van der Waals surface area (Å²) in [6.07, 6.45) is -0.870. The van der Waals surface area contributed by atoms with Crippen molar-refractivity contribution in [2.24, 2.45) is 5.92 Å². The number of halogens is 3.